The standard InChI is InChI=1S/C13H18O5/c1-7-2-4-8(5-3-7)13-12(17)11(16)10(15)9(6-14)18-13/h2-5,9-17H,6H2,1H3. The Morgan fingerprint density at radius 3 is 2.17 bits per heavy atom. The summed E-state index contributed by atoms with van der Waals surface area (Å²) in [6, 6.07) is 7.33. The van der Waals surface area contributed by atoms with E-state index in [9.17, 15) is 15.3 Å². The number of ether oxygens (including phenoxy) is 1. The maximum Gasteiger partial charge on any atom is 0.113 e. The van der Waals surface area contributed by atoms with Crippen molar-refractivity contribution in [1.29, 1.82) is 0 Å². The van der Waals surface area contributed by atoms with E-state index < -0.39 is 37.1 Å². The van der Waals surface area contributed by atoms with Gasteiger partial charge in [-0.25, -0.2) is 0 Å². The van der Waals surface area contributed by atoms with Gasteiger partial charge in [0.05, 0.1) is 6.61 Å². The van der Waals surface area contributed by atoms with Crippen molar-refractivity contribution in [1.82, 2.24) is 0 Å². The molecule has 0 amide bonds. The van der Waals surface area contributed by atoms with Gasteiger partial charge in [0.15, 0.2) is 0 Å². The first-order valence-electron chi connectivity index (χ1n) is 5.91. The molecule has 1 saturated heterocycles. The van der Waals surface area contributed by atoms with E-state index in [1.165, 1.54) is 0 Å². The van der Waals surface area contributed by atoms with E-state index in [4.69, 9.17) is 9.84 Å². The molecule has 1 heterocycles. The minimum Gasteiger partial charge on any atom is -0.394 e. The molecule has 5 unspecified atom stereocenters. The molecule has 1 aromatic carbocycles. The molecule has 5 heteroatoms. The Bertz CT molecular complexity index is 389. The number of hydrogen-bond donors (Lipinski definition) is 4. The topological polar surface area (TPSA) is 90.2 Å². The van der Waals surface area contributed by atoms with Crippen molar-refractivity contribution in [3.05, 3.63) is 35.4 Å². The zero-order valence-corrected chi connectivity index (χ0v) is 10.1. The van der Waals surface area contributed by atoms with Crippen molar-refractivity contribution in [2.45, 2.75) is 37.4 Å². The zero-order valence-electron chi connectivity index (χ0n) is 10.1. The number of benzene rings is 1. The summed E-state index contributed by atoms with van der Waals surface area (Å²) in [7, 11) is 0. The van der Waals surface area contributed by atoms with Crippen molar-refractivity contribution in [3.63, 3.8) is 0 Å². The summed E-state index contributed by atoms with van der Waals surface area (Å²) >= 11 is 0. The molecule has 0 aliphatic carbocycles. The van der Waals surface area contributed by atoms with Crippen LogP contribution in [0.1, 0.15) is 17.2 Å². The first kappa shape index (κ1) is 13.5. The molecule has 100 valence electrons. The summed E-state index contributed by atoms with van der Waals surface area (Å²) in [5.74, 6) is 0. The van der Waals surface area contributed by atoms with Gasteiger partial charge >= 0.3 is 0 Å². The molecule has 4 N–H and O–H groups in total. The normalized spacial score (nSPS) is 36.6. The van der Waals surface area contributed by atoms with Crippen molar-refractivity contribution >= 4 is 0 Å². The smallest absolute Gasteiger partial charge is 0.113 e. The summed E-state index contributed by atoms with van der Waals surface area (Å²) in [6.07, 6.45) is -5.48. The van der Waals surface area contributed by atoms with Gasteiger partial charge in [0, 0.05) is 0 Å². The molecule has 1 fully saturated rings. The molecule has 0 bridgehead atoms. The van der Waals surface area contributed by atoms with Gasteiger partial charge in [-0.2, -0.15) is 0 Å². The number of aryl methyl sites for hydroxylation is 1. The Balaban J connectivity index is 2.24. The highest BCUT2D eigenvalue weighted by Crippen LogP contribution is 2.32. The second-order valence-electron chi connectivity index (χ2n) is 4.66. The van der Waals surface area contributed by atoms with Gasteiger partial charge in [0.25, 0.3) is 0 Å². The lowest BCUT2D eigenvalue weighted by Gasteiger charge is -2.40. The van der Waals surface area contributed by atoms with Crippen molar-refractivity contribution in [2.24, 2.45) is 0 Å². The summed E-state index contributed by atoms with van der Waals surface area (Å²) in [4.78, 5) is 0. The van der Waals surface area contributed by atoms with E-state index in [1.807, 2.05) is 19.1 Å². The van der Waals surface area contributed by atoms with Gasteiger partial charge in [0.2, 0.25) is 0 Å². The molecule has 1 aliphatic rings. The van der Waals surface area contributed by atoms with Crippen LogP contribution < -0.4 is 0 Å². The van der Waals surface area contributed by atoms with Crippen LogP contribution in [0.15, 0.2) is 24.3 Å². The summed E-state index contributed by atoms with van der Waals surface area (Å²) in [6.45, 7) is 1.53. The molecule has 18 heavy (non-hydrogen) atoms. The van der Waals surface area contributed by atoms with Gasteiger partial charge in [-0.15, -0.1) is 0 Å². The van der Waals surface area contributed by atoms with Gasteiger partial charge in [-0.3, -0.25) is 0 Å². The SMILES string of the molecule is Cc1ccc(C2OC(CO)C(O)C(O)C2O)cc1. The molecule has 2 rings (SSSR count). The Morgan fingerprint density at radius 2 is 1.61 bits per heavy atom. The van der Waals surface area contributed by atoms with Gasteiger partial charge in [-0.05, 0) is 12.5 Å². The van der Waals surface area contributed by atoms with Crippen molar-refractivity contribution < 1.29 is 25.2 Å². The number of aliphatic hydroxyl groups is 4. The van der Waals surface area contributed by atoms with Crippen molar-refractivity contribution in [2.75, 3.05) is 6.61 Å². The first-order chi connectivity index (χ1) is 8.54. The second kappa shape index (κ2) is 5.34. The highest BCUT2D eigenvalue weighted by Gasteiger charge is 2.43. The van der Waals surface area contributed by atoms with Crippen LogP contribution in [0.25, 0.3) is 0 Å². The number of rotatable bonds is 2. The van der Waals surface area contributed by atoms with Crippen LogP contribution in [0.3, 0.4) is 0 Å². The lowest BCUT2D eigenvalue weighted by molar-refractivity contribution is -0.231. The van der Waals surface area contributed by atoms with E-state index in [1.54, 1.807) is 12.1 Å². The summed E-state index contributed by atoms with van der Waals surface area (Å²) in [5.41, 5.74) is 1.78. The summed E-state index contributed by atoms with van der Waals surface area (Å²) < 4.78 is 5.45. The van der Waals surface area contributed by atoms with Crippen LogP contribution in [0.4, 0.5) is 0 Å². The average molecular weight is 254 g/mol. The van der Waals surface area contributed by atoms with Gasteiger partial charge in [0.1, 0.15) is 30.5 Å². The van der Waals surface area contributed by atoms with E-state index in [0.717, 1.165) is 5.56 Å². The fourth-order valence-electron chi connectivity index (χ4n) is 2.13. The van der Waals surface area contributed by atoms with Crippen LogP contribution in [0, 0.1) is 6.92 Å². The lowest BCUT2D eigenvalue weighted by atomic mass is 9.91. The average Bonchev–Trinajstić information content (AvgIpc) is 2.38. The van der Waals surface area contributed by atoms with E-state index in [0.29, 0.717) is 5.56 Å². The molecule has 0 spiro atoms. The third kappa shape index (κ3) is 2.41. The van der Waals surface area contributed by atoms with Gasteiger partial charge in [-0.1, -0.05) is 29.8 Å². The fourth-order valence-corrected chi connectivity index (χ4v) is 2.13. The molecule has 5 nitrogen and oxygen atoms in total. The van der Waals surface area contributed by atoms with Gasteiger partial charge < -0.3 is 25.2 Å². The monoisotopic (exact) mass is 254 g/mol. The predicted octanol–water partition coefficient (Wildman–Crippen LogP) is -0.490. The predicted molar refractivity (Wildman–Crippen MR) is 63.9 cm³/mol. The molecule has 5 atom stereocenters. The third-order valence-electron chi connectivity index (χ3n) is 3.30. The lowest BCUT2D eigenvalue weighted by Crippen LogP contribution is -2.55. The number of hydrogen-bond acceptors (Lipinski definition) is 5. The first-order valence-corrected chi connectivity index (χ1v) is 5.91. The number of aliphatic hydroxyl groups excluding tert-OH is 4. The molecule has 1 aliphatic heterocycles. The van der Waals surface area contributed by atoms with Crippen LogP contribution in [-0.4, -0.2) is 51.4 Å². The van der Waals surface area contributed by atoms with E-state index in [2.05, 4.69) is 0 Å². The fraction of sp³-hybridized carbons (Fsp3) is 0.538. The minimum atomic E-state index is -1.33. The maximum absolute atomic E-state index is 9.93. The second-order valence-corrected chi connectivity index (χ2v) is 4.66. The maximum atomic E-state index is 9.93. The molecular formula is C13H18O5. The molecule has 0 aromatic heterocycles. The van der Waals surface area contributed by atoms with Crippen molar-refractivity contribution in [3.8, 4) is 0 Å². The molecule has 1 aromatic rings. The Morgan fingerprint density at radius 1 is 1.00 bits per heavy atom. The molecular weight excluding hydrogens is 236 g/mol. The highest BCUT2D eigenvalue weighted by molar-refractivity contribution is 5.25. The zero-order chi connectivity index (χ0) is 13.3. The minimum absolute atomic E-state index is 0.409. The van der Waals surface area contributed by atoms with Crippen LogP contribution >= 0.6 is 0 Å². The van der Waals surface area contributed by atoms with Crippen LogP contribution in [0.2, 0.25) is 0 Å². The summed E-state index contributed by atoms with van der Waals surface area (Å²) in [5, 5.41) is 38.4. The Kier molecular flexibility index (Phi) is 3.99. The Labute approximate surface area is 105 Å². The highest BCUT2D eigenvalue weighted by atomic mass is 16.5. The van der Waals surface area contributed by atoms with Crippen LogP contribution in [-0.2, 0) is 4.74 Å². The Hall–Kier alpha value is -0.980. The molecule has 0 saturated carbocycles. The third-order valence-corrected chi connectivity index (χ3v) is 3.30. The molecule has 0 radical (unpaired) electrons. The quantitative estimate of drug-likeness (QED) is 0.572. The largest absolute Gasteiger partial charge is 0.394 e. The van der Waals surface area contributed by atoms with E-state index >= 15 is 0 Å². The van der Waals surface area contributed by atoms with E-state index in [-0.39, 0.29) is 0 Å². The van der Waals surface area contributed by atoms with Crippen LogP contribution in [0.5, 0.6) is 0 Å².